The molecule has 98 valence electrons. The smallest absolute Gasteiger partial charge is 0.331 e. The van der Waals surface area contributed by atoms with Crippen LogP contribution < -0.4 is 0 Å². The Labute approximate surface area is 106 Å². The number of carbonyl (C=O) groups is 1. The average Bonchev–Trinajstić information content (AvgIpc) is 2.25. The van der Waals surface area contributed by atoms with Gasteiger partial charge in [0.15, 0.2) is 0 Å². The third kappa shape index (κ3) is 4.31. The quantitative estimate of drug-likeness (QED) is 0.802. The predicted molar refractivity (Wildman–Crippen MR) is 65.8 cm³/mol. The van der Waals surface area contributed by atoms with Crippen LogP contribution in [0.3, 0.4) is 0 Å². The number of benzene rings is 1. The van der Waals surface area contributed by atoms with Crippen LogP contribution >= 0.6 is 0 Å². The summed E-state index contributed by atoms with van der Waals surface area (Å²) in [4.78, 5) is 9.98. The fourth-order valence-electron chi connectivity index (χ4n) is 1.41. The number of carboxylic acids is 1. The van der Waals surface area contributed by atoms with E-state index in [1.165, 1.54) is 12.1 Å². The van der Waals surface area contributed by atoms with E-state index in [4.69, 9.17) is 9.66 Å². The highest BCUT2D eigenvalue weighted by atomic mass is 32.2. The van der Waals surface area contributed by atoms with Gasteiger partial charge in [-0.05, 0) is 24.5 Å². The Morgan fingerprint density at radius 1 is 1.28 bits per heavy atom. The van der Waals surface area contributed by atoms with E-state index in [2.05, 4.69) is 0 Å². The molecule has 2 N–H and O–H groups in total. The van der Waals surface area contributed by atoms with Crippen LogP contribution in [0.5, 0.6) is 0 Å². The van der Waals surface area contributed by atoms with Crippen LogP contribution in [0.15, 0.2) is 46.9 Å². The first-order valence-corrected chi connectivity index (χ1v) is 6.71. The van der Waals surface area contributed by atoms with Gasteiger partial charge < -0.3 is 5.11 Å². The molecular formula is C12H14O5S. The zero-order valence-corrected chi connectivity index (χ0v) is 10.6. The van der Waals surface area contributed by atoms with E-state index < -0.39 is 16.1 Å². The van der Waals surface area contributed by atoms with Crippen LogP contribution in [0.1, 0.15) is 13.3 Å². The summed E-state index contributed by atoms with van der Waals surface area (Å²) in [6, 6.07) is 7.42. The molecule has 1 unspecified atom stereocenters. The molecule has 0 heterocycles. The summed E-state index contributed by atoms with van der Waals surface area (Å²) >= 11 is 0. The largest absolute Gasteiger partial charge is 0.478 e. The first-order chi connectivity index (χ1) is 8.30. The van der Waals surface area contributed by atoms with Gasteiger partial charge in [0, 0.05) is 5.57 Å². The summed E-state index contributed by atoms with van der Waals surface area (Å²) in [5, 5.41) is 8.28. The molecule has 1 aliphatic rings. The highest BCUT2D eigenvalue weighted by molar-refractivity contribution is 7.85. The molecule has 0 bridgehead atoms. The van der Waals surface area contributed by atoms with Crippen molar-refractivity contribution in [1.29, 1.82) is 0 Å². The molecule has 0 aliphatic heterocycles. The summed E-state index contributed by atoms with van der Waals surface area (Å²) in [7, 11) is -4.00. The molecule has 2 rings (SSSR count). The van der Waals surface area contributed by atoms with Gasteiger partial charge in [-0.1, -0.05) is 31.2 Å². The summed E-state index contributed by atoms with van der Waals surface area (Å²) in [6.45, 7) is 2.01. The Morgan fingerprint density at radius 2 is 1.78 bits per heavy atom. The van der Waals surface area contributed by atoms with Gasteiger partial charge >= 0.3 is 5.97 Å². The lowest BCUT2D eigenvalue weighted by atomic mass is 9.88. The first kappa shape index (κ1) is 14.4. The molecule has 6 heteroatoms. The first-order valence-electron chi connectivity index (χ1n) is 5.27. The summed E-state index contributed by atoms with van der Waals surface area (Å²) in [6.07, 6.45) is 2.53. The molecule has 18 heavy (non-hydrogen) atoms. The second kappa shape index (κ2) is 5.79. The Hall–Kier alpha value is -1.66. The Morgan fingerprint density at radius 3 is 2.00 bits per heavy atom. The lowest BCUT2D eigenvalue weighted by Gasteiger charge is -2.16. The number of hydrogen-bond acceptors (Lipinski definition) is 3. The van der Waals surface area contributed by atoms with Crippen LogP contribution in [-0.4, -0.2) is 24.0 Å². The molecular weight excluding hydrogens is 256 g/mol. The minimum atomic E-state index is -4.00. The van der Waals surface area contributed by atoms with Gasteiger partial charge in [0.05, 0.1) is 4.90 Å². The van der Waals surface area contributed by atoms with E-state index in [1.807, 2.05) is 6.92 Å². The second-order valence-corrected chi connectivity index (χ2v) is 5.39. The molecule has 0 radical (unpaired) electrons. The standard InChI is InChI=1S/C6H6O3S.C6H8O2/c7-10(8,9)6-4-2-1-3-5-6;1-4-2-5(3-4)6(7)8/h1-5H,(H,7,8,9);2,4H,3H2,1H3,(H,7,8). The monoisotopic (exact) mass is 270 g/mol. The van der Waals surface area contributed by atoms with Crippen LogP contribution in [0.2, 0.25) is 0 Å². The van der Waals surface area contributed by atoms with E-state index in [9.17, 15) is 13.2 Å². The van der Waals surface area contributed by atoms with Crippen molar-refractivity contribution in [3.8, 4) is 0 Å². The predicted octanol–water partition coefficient (Wildman–Crippen LogP) is 1.97. The maximum Gasteiger partial charge on any atom is 0.331 e. The minimum absolute atomic E-state index is 0.0741. The van der Waals surface area contributed by atoms with Crippen molar-refractivity contribution in [3.63, 3.8) is 0 Å². The lowest BCUT2D eigenvalue weighted by Crippen LogP contribution is -2.13. The Balaban J connectivity index is 0.000000184. The fourth-order valence-corrected chi connectivity index (χ4v) is 1.91. The number of carboxylic acid groups (broad SMARTS) is 1. The molecule has 1 aromatic carbocycles. The normalized spacial score (nSPS) is 17.9. The molecule has 1 aliphatic carbocycles. The Kier molecular flexibility index (Phi) is 4.63. The van der Waals surface area contributed by atoms with Gasteiger partial charge in [-0.15, -0.1) is 0 Å². The van der Waals surface area contributed by atoms with Crippen molar-refractivity contribution < 1.29 is 22.9 Å². The molecule has 0 fully saturated rings. The third-order valence-electron chi connectivity index (χ3n) is 2.34. The molecule has 0 aromatic heterocycles. The molecule has 1 aromatic rings. The van der Waals surface area contributed by atoms with Crippen molar-refractivity contribution in [2.45, 2.75) is 18.2 Å². The molecule has 0 saturated heterocycles. The van der Waals surface area contributed by atoms with Crippen molar-refractivity contribution in [2.24, 2.45) is 5.92 Å². The Bertz CT molecular complexity index is 545. The molecule has 0 amide bonds. The van der Waals surface area contributed by atoms with E-state index in [-0.39, 0.29) is 4.90 Å². The van der Waals surface area contributed by atoms with Crippen LogP contribution in [0.4, 0.5) is 0 Å². The maximum absolute atomic E-state index is 10.4. The van der Waals surface area contributed by atoms with Gasteiger partial charge in [-0.2, -0.15) is 8.42 Å². The van der Waals surface area contributed by atoms with Crippen LogP contribution in [0.25, 0.3) is 0 Å². The van der Waals surface area contributed by atoms with E-state index in [0.29, 0.717) is 11.5 Å². The highest BCUT2D eigenvalue weighted by Gasteiger charge is 2.19. The molecule has 0 saturated carbocycles. The zero-order chi connectivity index (χ0) is 13.8. The third-order valence-corrected chi connectivity index (χ3v) is 3.21. The number of hydrogen-bond donors (Lipinski definition) is 2. The van der Waals surface area contributed by atoms with Crippen molar-refractivity contribution in [3.05, 3.63) is 42.0 Å². The summed E-state index contributed by atoms with van der Waals surface area (Å²) in [5.41, 5.74) is 0.567. The van der Waals surface area contributed by atoms with Crippen LogP contribution in [0, 0.1) is 5.92 Å². The lowest BCUT2D eigenvalue weighted by molar-refractivity contribution is -0.133. The number of allylic oxidation sites excluding steroid dienone is 1. The second-order valence-electron chi connectivity index (χ2n) is 3.97. The molecule has 0 spiro atoms. The zero-order valence-electron chi connectivity index (χ0n) is 9.78. The fraction of sp³-hybridized carbons (Fsp3) is 0.250. The van der Waals surface area contributed by atoms with Gasteiger partial charge in [-0.25, -0.2) is 4.79 Å². The topological polar surface area (TPSA) is 91.7 Å². The molecule has 1 atom stereocenters. The SMILES string of the molecule is CC1C=C(C(=O)O)C1.O=S(=O)(O)c1ccccc1. The van der Waals surface area contributed by atoms with Gasteiger partial charge in [0.1, 0.15) is 0 Å². The maximum atomic E-state index is 10.4. The van der Waals surface area contributed by atoms with Gasteiger partial charge in [0.25, 0.3) is 10.1 Å². The van der Waals surface area contributed by atoms with E-state index in [1.54, 1.807) is 24.3 Å². The van der Waals surface area contributed by atoms with Crippen LogP contribution in [-0.2, 0) is 14.9 Å². The summed E-state index contributed by atoms with van der Waals surface area (Å²) in [5.74, 6) is -0.274. The highest BCUT2D eigenvalue weighted by Crippen LogP contribution is 2.24. The van der Waals surface area contributed by atoms with Crippen molar-refractivity contribution >= 4 is 16.1 Å². The van der Waals surface area contributed by atoms with E-state index in [0.717, 1.165) is 6.42 Å². The molecule has 5 nitrogen and oxygen atoms in total. The van der Waals surface area contributed by atoms with Crippen molar-refractivity contribution in [2.75, 3.05) is 0 Å². The van der Waals surface area contributed by atoms with E-state index >= 15 is 0 Å². The number of aliphatic carboxylic acids is 1. The average molecular weight is 270 g/mol. The summed E-state index contributed by atoms with van der Waals surface area (Å²) < 4.78 is 29.2. The van der Waals surface area contributed by atoms with Crippen molar-refractivity contribution in [1.82, 2.24) is 0 Å². The minimum Gasteiger partial charge on any atom is -0.478 e. The number of rotatable bonds is 2. The van der Waals surface area contributed by atoms with Gasteiger partial charge in [0.2, 0.25) is 0 Å². The van der Waals surface area contributed by atoms with Gasteiger partial charge in [-0.3, -0.25) is 4.55 Å².